The lowest BCUT2D eigenvalue weighted by atomic mass is 9.82. The van der Waals surface area contributed by atoms with Gasteiger partial charge in [-0.2, -0.15) is 0 Å². The van der Waals surface area contributed by atoms with Crippen LogP contribution >= 0.6 is 0 Å². The van der Waals surface area contributed by atoms with Crippen molar-refractivity contribution in [2.24, 2.45) is 10.7 Å². The minimum absolute atomic E-state index is 0.00383. The molecule has 0 amide bonds. The molecular weight excluding hydrogens is 222 g/mol. The van der Waals surface area contributed by atoms with Crippen LogP contribution in [0.2, 0.25) is 0 Å². The van der Waals surface area contributed by atoms with Crippen LogP contribution in [-0.4, -0.2) is 19.0 Å². The van der Waals surface area contributed by atoms with Gasteiger partial charge in [0.15, 0.2) is 5.96 Å². The van der Waals surface area contributed by atoms with Gasteiger partial charge in [0, 0.05) is 12.0 Å². The lowest BCUT2D eigenvalue weighted by Crippen LogP contribution is -2.34. The maximum absolute atomic E-state index is 5.82. The summed E-state index contributed by atoms with van der Waals surface area (Å²) in [6.07, 6.45) is 1.05. The van der Waals surface area contributed by atoms with Crippen molar-refractivity contribution in [3.05, 3.63) is 35.4 Å². The standard InChI is InChI=1S/C15H25N3/c1-5-10-17-14(16)18-11-15(3,4)13-9-7-6-8-12(13)2/h6-9H,5,10-11H2,1-4H3,(H3,16,17,18). The van der Waals surface area contributed by atoms with Gasteiger partial charge in [0.1, 0.15) is 0 Å². The van der Waals surface area contributed by atoms with Gasteiger partial charge in [-0.3, -0.25) is 4.99 Å². The topological polar surface area (TPSA) is 50.4 Å². The molecule has 0 aliphatic carbocycles. The number of nitrogens with one attached hydrogen (secondary N) is 1. The molecule has 0 saturated carbocycles. The Morgan fingerprint density at radius 1 is 1.33 bits per heavy atom. The summed E-state index contributed by atoms with van der Waals surface area (Å²) in [5.41, 5.74) is 8.46. The smallest absolute Gasteiger partial charge is 0.188 e. The van der Waals surface area contributed by atoms with Crippen LogP contribution in [0.25, 0.3) is 0 Å². The molecule has 0 unspecified atom stereocenters. The highest BCUT2D eigenvalue weighted by atomic mass is 15.1. The Kier molecular flexibility index (Phi) is 5.20. The highest BCUT2D eigenvalue weighted by molar-refractivity contribution is 5.77. The van der Waals surface area contributed by atoms with E-state index in [0.717, 1.165) is 13.0 Å². The third-order valence-electron chi connectivity index (χ3n) is 3.07. The number of guanidine groups is 1. The van der Waals surface area contributed by atoms with Crippen molar-refractivity contribution in [1.29, 1.82) is 0 Å². The molecule has 0 heterocycles. The lowest BCUT2D eigenvalue weighted by Gasteiger charge is -2.25. The molecule has 18 heavy (non-hydrogen) atoms. The van der Waals surface area contributed by atoms with Crippen LogP contribution in [-0.2, 0) is 5.41 Å². The van der Waals surface area contributed by atoms with Crippen LogP contribution in [0.4, 0.5) is 0 Å². The summed E-state index contributed by atoms with van der Waals surface area (Å²) in [6, 6.07) is 8.45. The highest BCUT2D eigenvalue weighted by Gasteiger charge is 2.21. The second-order valence-corrected chi connectivity index (χ2v) is 5.33. The zero-order chi connectivity index (χ0) is 13.6. The van der Waals surface area contributed by atoms with E-state index in [1.807, 2.05) is 0 Å². The summed E-state index contributed by atoms with van der Waals surface area (Å²) in [5.74, 6) is 0.540. The minimum atomic E-state index is 0.00383. The summed E-state index contributed by atoms with van der Waals surface area (Å²) in [7, 11) is 0. The molecule has 100 valence electrons. The monoisotopic (exact) mass is 247 g/mol. The average molecular weight is 247 g/mol. The Labute approximate surface area is 111 Å². The first kappa shape index (κ1) is 14.6. The quantitative estimate of drug-likeness (QED) is 0.620. The number of hydrogen-bond donors (Lipinski definition) is 2. The normalized spacial score (nSPS) is 12.6. The number of rotatable bonds is 5. The molecule has 0 atom stereocenters. The largest absolute Gasteiger partial charge is 0.370 e. The Bertz CT molecular complexity index is 408. The molecule has 0 radical (unpaired) electrons. The Morgan fingerprint density at radius 2 is 2.00 bits per heavy atom. The van der Waals surface area contributed by atoms with Crippen LogP contribution < -0.4 is 11.1 Å². The van der Waals surface area contributed by atoms with E-state index in [4.69, 9.17) is 5.73 Å². The molecule has 1 rings (SSSR count). The first-order valence-electron chi connectivity index (χ1n) is 6.57. The minimum Gasteiger partial charge on any atom is -0.370 e. The number of aliphatic imine (C=N–C) groups is 1. The molecule has 1 aromatic rings. The van der Waals surface area contributed by atoms with Crippen molar-refractivity contribution in [2.75, 3.05) is 13.1 Å². The number of nitrogens with two attached hydrogens (primary N) is 1. The fourth-order valence-corrected chi connectivity index (χ4v) is 2.01. The molecule has 0 aliphatic heterocycles. The molecule has 1 aromatic carbocycles. The average Bonchev–Trinajstić information content (AvgIpc) is 2.34. The van der Waals surface area contributed by atoms with Gasteiger partial charge in [-0.1, -0.05) is 45.0 Å². The van der Waals surface area contributed by atoms with Crippen LogP contribution in [0, 0.1) is 6.92 Å². The van der Waals surface area contributed by atoms with Crippen molar-refractivity contribution in [3.8, 4) is 0 Å². The van der Waals surface area contributed by atoms with E-state index >= 15 is 0 Å². The third kappa shape index (κ3) is 4.06. The molecule has 0 saturated heterocycles. The zero-order valence-electron chi connectivity index (χ0n) is 12.0. The summed E-state index contributed by atoms with van der Waals surface area (Å²) < 4.78 is 0. The van der Waals surface area contributed by atoms with Crippen LogP contribution in [0.1, 0.15) is 38.3 Å². The maximum atomic E-state index is 5.82. The molecule has 3 heteroatoms. The van der Waals surface area contributed by atoms with Gasteiger partial charge in [0.2, 0.25) is 0 Å². The first-order valence-corrected chi connectivity index (χ1v) is 6.57. The number of nitrogens with zero attached hydrogens (tertiary/aromatic N) is 1. The summed E-state index contributed by atoms with van der Waals surface area (Å²) in [4.78, 5) is 4.43. The second-order valence-electron chi connectivity index (χ2n) is 5.33. The first-order chi connectivity index (χ1) is 8.47. The lowest BCUT2D eigenvalue weighted by molar-refractivity contribution is 0.535. The van der Waals surface area contributed by atoms with E-state index in [1.165, 1.54) is 11.1 Å². The van der Waals surface area contributed by atoms with Crippen LogP contribution in [0.5, 0.6) is 0 Å². The number of benzene rings is 1. The van der Waals surface area contributed by atoms with Gasteiger partial charge >= 0.3 is 0 Å². The van der Waals surface area contributed by atoms with E-state index in [-0.39, 0.29) is 5.41 Å². The Hall–Kier alpha value is -1.51. The van der Waals surface area contributed by atoms with Gasteiger partial charge in [0.25, 0.3) is 0 Å². The molecule has 0 aromatic heterocycles. The van der Waals surface area contributed by atoms with E-state index < -0.39 is 0 Å². The predicted molar refractivity (Wildman–Crippen MR) is 79.0 cm³/mol. The van der Waals surface area contributed by atoms with Crippen molar-refractivity contribution in [2.45, 2.75) is 39.5 Å². The third-order valence-corrected chi connectivity index (χ3v) is 3.07. The molecule has 3 nitrogen and oxygen atoms in total. The summed E-state index contributed by atoms with van der Waals surface area (Å²) in [5, 5.41) is 3.10. The van der Waals surface area contributed by atoms with Crippen LogP contribution in [0.3, 0.4) is 0 Å². The van der Waals surface area contributed by atoms with Crippen molar-refractivity contribution in [3.63, 3.8) is 0 Å². The summed E-state index contributed by atoms with van der Waals surface area (Å²) in [6.45, 7) is 10.2. The van der Waals surface area contributed by atoms with Crippen molar-refractivity contribution >= 4 is 5.96 Å². The van der Waals surface area contributed by atoms with Gasteiger partial charge in [-0.15, -0.1) is 0 Å². The summed E-state index contributed by atoms with van der Waals surface area (Å²) >= 11 is 0. The molecule has 0 fully saturated rings. The maximum Gasteiger partial charge on any atom is 0.188 e. The van der Waals surface area contributed by atoms with Crippen LogP contribution in [0.15, 0.2) is 29.3 Å². The van der Waals surface area contributed by atoms with E-state index in [1.54, 1.807) is 0 Å². The van der Waals surface area contributed by atoms with Gasteiger partial charge < -0.3 is 11.1 Å². The molecule has 3 N–H and O–H groups in total. The Morgan fingerprint density at radius 3 is 2.61 bits per heavy atom. The number of hydrogen-bond acceptors (Lipinski definition) is 1. The van der Waals surface area contributed by atoms with Gasteiger partial charge in [-0.25, -0.2) is 0 Å². The van der Waals surface area contributed by atoms with Crippen molar-refractivity contribution in [1.82, 2.24) is 5.32 Å². The molecular formula is C15H25N3. The molecule has 0 bridgehead atoms. The molecule has 0 aliphatic rings. The van der Waals surface area contributed by atoms with Gasteiger partial charge in [0.05, 0.1) is 6.54 Å². The van der Waals surface area contributed by atoms with E-state index in [0.29, 0.717) is 12.5 Å². The highest BCUT2D eigenvalue weighted by Crippen LogP contribution is 2.26. The zero-order valence-corrected chi connectivity index (χ0v) is 12.0. The fourth-order valence-electron chi connectivity index (χ4n) is 2.01. The number of aryl methyl sites for hydroxylation is 1. The Balaban J connectivity index is 2.73. The van der Waals surface area contributed by atoms with Gasteiger partial charge in [-0.05, 0) is 24.5 Å². The van der Waals surface area contributed by atoms with E-state index in [2.05, 4.69) is 62.3 Å². The van der Waals surface area contributed by atoms with Crippen molar-refractivity contribution < 1.29 is 0 Å². The second kappa shape index (κ2) is 6.43. The predicted octanol–water partition coefficient (Wildman–Crippen LogP) is 2.59. The SMILES string of the molecule is CCCNC(N)=NCC(C)(C)c1ccccc1C. The fraction of sp³-hybridized carbons (Fsp3) is 0.533. The molecule has 0 spiro atoms. The van der Waals surface area contributed by atoms with E-state index in [9.17, 15) is 0 Å².